The number of rotatable bonds is 3. The van der Waals surface area contributed by atoms with Crippen molar-refractivity contribution < 1.29 is 4.74 Å². The van der Waals surface area contributed by atoms with Crippen molar-refractivity contribution >= 4 is 0 Å². The van der Waals surface area contributed by atoms with Crippen molar-refractivity contribution in [2.75, 3.05) is 13.2 Å². The molecular formula is C12H21NO. The Labute approximate surface area is 86.7 Å². The van der Waals surface area contributed by atoms with Crippen LogP contribution in [0.5, 0.6) is 0 Å². The fourth-order valence-electron chi connectivity index (χ4n) is 2.48. The predicted octanol–water partition coefficient (Wildman–Crippen LogP) is 2.11. The van der Waals surface area contributed by atoms with Crippen molar-refractivity contribution in [1.82, 2.24) is 5.32 Å². The minimum absolute atomic E-state index is 0.656. The van der Waals surface area contributed by atoms with Crippen LogP contribution in [0, 0.1) is 5.92 Å². The number of hydrogen-bond acceptors (Lipinski definition) is 2. The summed E-state index contributed by atoms with van der Waals surface area (Å²) in [5, 5.41) is 3.73. The standard InChI is InChI=1S/C12H21NO/c1-10(11-6-8-14-9-7-11)13-12-4-2-3-5-12/h2-3,10-13H,4-9H2,1H3. The Bertz CT molecular complexity index is 188. The number of nitrogens with one attached hydrogen (secondary N) is 1. The minimum Gasteiger partial charge on any atom is -0.381 e. The summed E-state index contributed by atoms with van der Waals surface area (Å²) in [4.78, 5) is 0. The molecule has 1 N–H and O–H groups in total. The van der Waals surface area contributed by atoms with E-state index in [1.165, 1.54) is 25.7 Å². The lowest BCUT2D eigenvalue weighted by molar-refractivity contribution is 0.0546. The third kappa shape index (κ3) is 2.58. The van der Waals surface area contributed by atoms with Gasteiger partial charge in [-0.05, 0) is 38.5 Å². The molecule has 0 bridgehead atoms. The Morgan fingerprint density at radius 2 is 1.86 bits per heavy atom. The van der Waals surface area contributed by atoms with Crippen LogP contribution in [0.2, 0.25) is 0 Å². The van der Waals surface area contributed by atoms with Gasteiger partial charge in [0.1, 0.15) is 0 Å². The molecule has 2 heteroatoms. The van der Waals surface area contributed by atoms with Gasteiger partial charge in [0.15, 0.2) is 0 Å². The molecule has 0 aromatic rings. The molecule has 0 saturated carbocycles. The highest BCUT2D eigenvalue weighted by Gasteiger charge is 2.22. The Balaban J connectivity index is 1.73. The predicted molar refractivity (Wildman–Crippen MR) is 58.3 cm³/mol. The zero-order chi connectivity index (χ0) is 9.80. The normalized spacial score (nSPS) is 26.9. The quantitative estimate of drug-likeness (QED) is 0.696. The smallest absolute Gasteiger partial charge is 0.0469 e. The first-order chi connectivity index (χ1) is 6.86. The third-order valence-corrected chi connectivity index (χ3v) is 3.48. The second-order valence-corrected chi connectivity index (χ2v) is 4.54. The lowest BCUT2D eigenvalue weighted by Crippen LogP contribution is -2.41. The van der Waals surface area contributed by atoms with Crippen LogP contribution in [0.3, 0.4) is 0 Å². The van der Waals surface area contributed by atoms with E-state index in [-0.39, 0.29) is 0 Å². The van der Waals surface area contributed by atoms with E-state index in [1.807, 2.05) is 0 Å². The van der Waals surface area contributed by atoms with Crippen LogP contribution in [-0.4, -0.2) is 25.3 Å². The lowest BCUT2D eigenvalue weighted by atomic mass is 9.92. The topological polar surface area (TPSA) is 21.3 Å². The monoisotopic (exact) mass is 195 g/mol. The number of hydrogen-bond donors (Lipinski definition) is 1. The van der Waals surface area contributed by atoms with Gasteiger partial charge in [0.25, 0.3) is 0 Å². The highest BCUT2D eigenvalue weighted by molar-refractivity contribution is 4.98. The van der Waals surface area contributed by atoms with Crippen LogP contribution in [0.1, 0.15) is 32.6 Å². The Morgan fingerprint density at radius 3 is 2.50 bits per heavy atom. The average molecular weight is 195 g/mol. The molecule has 2 rings (SSSR count). The highest BCUT2D eigenvalue weighted by atomic mass is 16.5. The zero-order valence-electron chi connectivity index (χ0n) is 9.04. The fraction of sp³-hybridized carbons (Fsp3) is 0.833. The van der Waals surface area contributed by atoms with Gasteiger partial charge >= 0.3 is 0 Å². The van der Waals surface area contributed by atoms with E-state index in [4.69, 9.17) is 4.74 Å². The third-order valence-electron chi connectivity index (χ3n) is 3.48. The largest absolute Gasteiger partial charge is 0.381 e. The lowest BCUT2D eigenvalue weighted by Gasteiger charge is -2.30. The van der Waals surface area contributed by atoms with Crippen LogP contribution in [0.15, 0.2) is 12.2 Å². The zero-order valence-corrected chi connectivity index (χ0v) is 9.04. The molecule has 0 spiro atoms. The van der Waals surface area contributed by atoms with Crippen molar-refractivity contribution in [1.29, 1.82) is 0 Å². The first-order valence-electron chi connectivity index (χ1n) is 5.85. The van der Waals surface area contributed by atoms with Gasteiger partial charge in [0.05, 0.1) is 0 Å². The molecule has 1 atom stereocenters. The summed E-state index contributed by atoms with van der Waals surface area (Å²) in [6.07, 6.45) is 9.46. The highest BCUT2D eigenvalue weighted by Crippen LogP contribution is 2.20. The molecule has 0 radical (unpaired) electrons. The molecule has 14 heavy (non-hydrogen) atoms. The summed E-state index contributed by atoms with van der Waals surface area (Å²) in [5.74, 6) is 0.823. The van der Waals surface area contributed by atoms with Crippen LogP contribution < -0.4 is 5.32 Å². The van der Waals surface area contributed by atoms with Gasteiger partial charge in [-0.25, -0.2) is 0 Å². The van der Waals surface area contributed by atoms with Crippen molar-refractivity contribution in [2.24, 2.45) is 5.92 Å². The van der Waals surface area contributed by atoms with Gasteiger partial charge < -0.3 is 10.1 Å². The fourth-order valence-corrected chi connectivity index (χ4v) is 2.48. The molecule has 1 fully saturated rings. The maximum atomic E-state index is 5.38. The number of ether oxygens (including phenoxy) is 1. The molecule has 1 heterocycles. The van der Waals surface area contributed by atoms with Crippen LogP contribution in [-0.2, 0) is 4.74 Å². The first kappa shape index (κ1) is 10.2. The first-order valence-corrected chi connectivity index (χ1v) is 5.85. The second kappa shape index (κ2) is 4.94. The van der Waals surface area contributed by atoms with E-state index in [2.05, 4.69) is 24.4 Å². The van der Waals surface area contributed by atoms with E-state index in [0.717, 1.165) is 19.1 Å². The van der Waals surface area contributed by atoms with Gasteiger partial charge in [-0.3, -0.25) is 0 Å². The molecule has 80 valence electrons. The van der Waals surface area contributed by atoms with Crippen molar-refractivity contribution in [3.8, 4) is 0 Å². The van der Waals surface area contributed by atoms with E-state index in [9.17, 15) is 0 Å². The van der Waals surface area contributed by atoms with Gasteiger partial charge in [-0.15, -0.1) is 0 Å². The molecule has 0 amide bonds. The van der Waals surface area contributed by atoms with E-state index >= 15 is 0 Å². The maximum Gasteiger partial charge on any atom is 0.0469 e. The molecule has 2 nitrogen and oxygen atoms in total. The van der Waals surface area contributed by atoms with Gasteiger partial charge in [-0.2, -0.15) is 0 Å². The van der Waals surface area contributed by atoms with Crippen LogP contribution >= 0.6 is 0 Å². The van der Waals surface area contributed by atoms with E-state index in [1.54, 1.807) is 0 Å². The summed E-state index contributed by atoms with van der Waals surface area (Å²) in [7, 11) is 0. The van der Waals surface area contributed by atoms with Gasteiger partial charge in [-0.1, -0.05) is 12.2 Å². The van der Waals surface area contributed by atoms with Gasteiger partial charge in [0.2, 0.25) is 0 Å². The van der Waals surface area contributed by atoms with E-state index in [0.29, 0.717) is 12.1 Å². The van der Waals surface area contributed by atoms with Crippen LogP contribution in [0.25, 0.3) is 0 Å². The molecule has 1 aliphatic carbocycles. The summed E-state index contributed by atoms with van der Waals surface area (Å²) in [5.41, 5.74) is 0. The van der Waals surface area contributed by atoms with Crippen molar-refractivity contribution in [3.05, 3.63) is 12.2 Å². The van der Waals surface area contributed by atoms with Crippen molar-refractivity contribution in [2.45, 2.75) is 44.7 Å². The van der Waals surface area contributed by atoms with E-state index < -0.39 is 0 Å². The molecule has 1 unspecified atom stereocenters. The SMILES string of the molecule is CC(NC1CC=CC1)C1CCOCC1. The van der Waals surface area contributed by atoms with Gasteiger partial charge in [0, 0.05) is 25.3 Å². The second-order valence-electron chi connectivity index (χ2n) is 4.54. The molecule has 1 aliphatic heterocycles. The van der Waals surface area contributed by atoms with Crippen LogP contribution in [0.4, 0.5) is 0 Å². The minimum atomic E-state index is 0.656. The summed E-state index contributed by atoms with van der Waals surface area (Å²) in [6, 6.07) is 1.36. The summed E-state index contributed by atoms with van der Waals surface area (Å²) < 4.78 is 5.38. The average Bonchev–Trinajstić information content (AvgIpc) is 2.72. The molecule has 2 aliphatic rings. The Morgan fingerprint density at radius 1 is 1.21 bits per heavy atom. The molecule has 1 saturated heterocycles. The molecule has 0 aromatic heterocycles. The Kier molecular flexibility index (Phi) is 3.60. The molecule has 0 aromatic carbocycles. The molecular weight excluding hydrogens is 174 g/mol. The summed E-state index contributed by atoms with van der Waals surface area (Å²) in [6.45, 7) is 4.24. The maximum absolute atomic E-state index is 5.38. The Hall–Kier alpha value is -0.340. The summed E-state index contributed by atoms with van der Waals surface area (Å²) >= 11 is 0. The van der Waals surface area contributed by atoms with Crippen molar-refractivity contribution in [3.63, 3.8) is 0 Å².